The highest BCUT2D eigenvalue weighted by Crippen LogP contribution is 2.36. The summed E-state index contributed by atoms with van der Waals surface area (Å²) >= 11 is 1.25. The molecule has 2 aliphatic heterocycles. The molecule has 138 valence electrons. The number of rotatable bonds is 5. The fourth-order valence-corrected chi connectivity index (χ4v) is 4.04. The Morgan fingerprint density at radius 1 is 1.19 bits per heavy atom. The van der Waals surface area contributed by atoms with Gasteiger partial charge in [0.15, 0.2) is 0 Å². The Balaban J connectivity index is 1.73. The van der Waals surface area contributed by atoms with Gasteiger partial charge < -0.3 is 5.32 Å². The highest BCUT2D eigenvalue weighted by molar-refractivity contribution is 8.01. The van der Waals surface area contributed by atoms with E-state index in [1.807, 2.05) is 5.43 Å². The third kappa shape index (κ3) is 3.11. The Hall–Kier alpha value is -2.63. The van der Waals surface area contributed by atoms with Gasteiger partial charge in [-0.1, -0.05) is 12.1 Å². The second kappa shape index (κ2) is 6.59. The maximum absolute atomic E-state index is 12.6. The zero-order chi connectivity index (χ0) is 19.1. The highest BCUT2D eigenvalue weighted by Gasteiger charge is 2.53. The first-order chi connectivity index (χ1) is 12.2. The van der Waals surface area contributed by atoms with Crippen LogP contribution in [0.1, 0.15) is 34.6 Å². The summed E-state index contributed by atoms with van der Waals surface area (Å²) in [5.41, 5.74) is 7.60. The first-order valence-electron chi connectivity index (χ1n) is 7.74. The molecule has 0 aromatic heterocycles. The minimum absolute atomic E-state index is 0.291. The molecule has 1 saturated heterocycles. The monoisotopic (exact) mass is 378 g/mol. The van der Waals surface area contributed by atoms with Crippen LogP contribution in [0.5, 0.6) is 0 Å². The molecule has 26 heavy (non-hydrogen) atoms. The maximum atomic E-state index is 12.6. The van der Waals surface area contributed by atoms with Gasteiger partial charge in [0.05, 0.1) is 16.0 Å². The number of amides is 5. The third-order valence-electron chi connectivity index (χ3n) is 3.97. The van der Waals surface area contributed by atoms with Gasteiger partial charge in [-0.05, 0) is 26.0 Å². The molecule has 10 nitrogen and oxygen atoms in total. The minimum atomic E-state index is -0.920. The van der Waals surface area contributed by atoms with Crippen LogP contribution in [-0.2, 0) is 4.79 Å². The van der Waals surface area contributed by atoms with Crippen LogP contribution in [0.25, 0.3) is 0 Å². The normalized spacial score (nSPS) is 21.8. The standard InChI is InChI=1S/C15H18N6O4S/c1-15(2,20-19-14(25)18-16)26-11-9(10(22)17-11)21-12(23)7-5-3-4-6-8(7)13(21)24/h3-6,9,11,20H,16H2,1-2H3,(H,17,22)(H2,18,19,25). The SMILES string of the molecule is CC(C)(NNC(=O)NN)SC1NC(=O)C1N1C(=O)c2ccccc2C1=O. The Labute approximate surface area is 153 Å². The van der Waals surface area contributed by atoms with Gasteiger partial charge in [-0.3, -0.25) is 30.1 Å². The second-order valence-electron chi connectivity index (χ2n) is 6.25. The molecule has 2 aliphatic rings. The summed E-state index contributed by atoms with van der Waals surface area (Å²) in [6.07, 6.45) is 0. The van der Waals surface area contributed by atoms with E-state index in [1.165, 1.54) is 11.8 Å². The number of benzene rings is 1. The van der Waals surface area contributed by atoms with E-state index in [9.17, 15) is 19.2 Å². The highest BCUT2D eigenvalue weighted by atomic mass is 32.2. The Morgan fingerprint density at radius 3 is 2.27 bits per heavy atom. The molecule has 0 aliphatic carbocycles. The van der Waals surface area contributed by atoms with Crippen molar-refractivity contribution >= 4 is 35.5 Å². The first kappa shape index (κ1) is 18.2. The summed E-state index contributed by atoms with van der Waals surface area (Å²) in [4.78, 5) is 48.7. The number of imide groups is 1. The van der Waals surface area contributed by atoms with E-state index in [0.717, 1.165) is 4.90 Å². The van der Waals surface area contributed by atoms with E-state index in [0.29, 0.717) is 11.1 Å². The molecule has 2 unspecified atom stereocenters. The van der Waals surface area contributed by atoms with Gasteiger partial charge in [0, 0.05) is 0 Å². The lowest BCUT2D eigenvalue weighted by molar-refractivity contribution is -0.132. The average molecular weight is 378 g/mol. The predicted molar refractivity (Wildman–Crippen MR) is 93.3 cm³/mol. The van der Waals surface area contributed by atoms with Gasteiger partial charge in [0.1, 0.15) is 11.4 Å². The minimum Gasteiger partial charge on any atom is -0.340 e. The Kier molecular flexibility index (Phi) is 4.61. The van der Waals surface area contributed by atoms with Crippen LogP contribution in [0, 0.1) is 0 Å². The number of β-lactam (4-membered cyclic amide) rings is 1. The van der Waals surface area contributed by atoms with Crippen molar-refractivity contribution in [3.05, 3.63) is 35.4 Å². The Bertz CT molecular complexity index is 763. The van der Waals surface area contributed by atoms with Crippen molar-refractivity contribution in [3.63, 3.8) is 0 Å². The van der Waals surface area contributed by atoms with Crippen LogP contribution in [0.2, 0.25) is 0 Å². The van der Waals surface area contributed by atoms with E-state index in [2.05, 4.69) is 16.2 Å². The molecule has 3 rings (SSSR count). The van der Waals surface area contributed by atoms with Crippen LogP contribution < -0.4 is 27.4 Å². The topological polar surface area (TPSA) is 146 Å². The van der Waals surface area contributed by atoms with Gasteiger partial charge >= 0.3 is 6.03 Å². The van der Waals surface area contributed by atoms with Crippen molar-refractivity contribution in [2.75, 3.05) is 0 Å². The van der Waals surface area contributed by atoms with Crippen LogP contribution >= 0.6 is 11.8 Å². The number of carbonyl (C=O) groups excluding carboxylic acids is 4. The fourth-order valence-electron chi connectivity index (χ4n) is 2.74. The number of hydrogen-bond donors (Lipinski definition) is 5. The zero-order valence-corrected chi connectivity index (χ0v) is 14.8. The quantitative estimate of drug-likeness (QED) is 0.113. The number of thioether (sulfide) groups is 1. The van der Waals surface area contributed by atoms with Crippen molar-refractivity contribution in [1.29, 1.82) is 0 Å². The summed E-state index contributed by atoms with van der Waals surface area (Å²) in [6, 6.07) is 4.92. The molecule has 1 aromatic rings. The lowest BCUT2D eigenvalue weighted by atomic mass is 10.1. The molecule has 11 heteroatoms. The smallest absolute Gasteiger partial charge is 0.340 e. The molecule has 1 aromatic carbocycles. The molecule has 2 atom stereocenters. The van der Waals surface area contributed by atoms with Crippen LogP contribution in [0.15, 0.2) is 24.3 Å². The van der Waals surface area contributed by atoms with Crippen molar-refractivity contribution in [3.8, 4) is 0 Å². The molecular formula is C15H18N6O4S. The van der Waals surface area contributed by atoms with Gasteiger partial charge in [0.25, 0.3) is 11.8 Å². The number of hydrazine groups is 2. The predicted octanol–water partition coefficient (Wildman–Crippen LogP) is -0.746. The summed E-state index contributed by atoms with van der Waals surface area (Å²) < 4.78 is 0. The van der Waals surface area contributed by atoms with Crippen molar-refractivity contribution in [1.82, 2.24) is 26.5 Å². The average Bonchev–Trinajstić information content (AvgIpc) is 2.85. The van der Waals surface area contributed by atoms with Crippen molar-refractivity contribution in [2.45, 2.75) is 30.1 Å². The molecule has 5 amide bonds. The number of fused-ring (bicyclic) bond motifs is 1. The maximum Gasteiger partial charge on any atom is 0.343 e. The van der Waals surface area contributed by atoms with Gasteiger partial charge in [-0.15, -0.1) is 11.8 Å². The van der Waals surface area contributed by atoms with E-state index in [4.69, 9.17) is 5.84 Å². The zero-order valence-electron chi connectivity index (χ0n) is 14.0. The number of nitrogens with two attached hydrogens (primary N) is 1. The van der Waals surface area contributed by atoms with Crippen LogP contribution in [0.4, 0.5) is 4.79 Å². The molecular weight excluding hydrogens is 360 g/mol. The van der Waals surface area contributed by atoms with E-state index < -0.39 is 40.0 Å². The Morgan fingerprint density at radius 2 is 1.77 bits per heavy atom. The number of hydrogen-bond acceptors (Lipinski definition) is 7. The molecule has 0 spiro atoms. The molecule has 2 heterocycles. The largest absolute Gasteiger partial charge is 0.343 e. The van der Waals surface area contributed by atoms with Crippen LogP contribution in [-0.4, -0.2) is 44.9 Å². The van der Waals surface area contributed by atoms with Crippen molar-refractivity contribution < 1.29 is 19.2 Å². The molecule has 6 N–H and O–H groups in total. The molecule has 0 radical (unpaired) electrons. The van der Waals surface area contributed by atoms with Gasteiger partial charge in [-0.25, -0.2) is 16.1 Å². The first-order valence-corrected chi connectivity index (χ1v) is 8.62. The van der Waals surface area contributed by atoms with Gasteiger partial charge in [0.2, 0.25) is 5.91 Å². The lowest BCUT2D eigenvalue weighted by Crippen LogP contribution is -2.70. The second-order valence-corrected chi connectivity index (χ2v) is 8.02. The molecule has 0 saturated carbocycles. The van der Waals surface area contributed by atoms with Gasteiger partial charge in [-0.2, -0.15) is 0 Å². The summed E-state index contributed by atoms with van der Waals surface area (Å²) in [5, 5.41) is 2.16. The summed E-state index contributed by atoms with van der Waals surface area (Å²) in [6.45, 7) is 3.52. The third-order valence-corrected chi connectivity index (χ3v) is 5.29. The number of urea groups is 1. The van der Waals surface area contributed by atoms with Crippen LogP contribution in [0.3, 0.4) is 0 Å². The molecule has 1 fully saturated rings. The molecule has 0 bridgehead atoms. The van der Waals surface area contributed by atoms with E-state index in [-0.39, 0.29) is 0 Å². The summed E-state index contributed by atoms with van der Waals surface area (Å²) in [5.74, 6) is 3.62. The summed E-state index contributed by atoms with van der Waals surface area (Å²) in [7, 11) is 0. The lowest BCUT2D eigenvalue weighted by Gasteiger charge is -2.43. The fraction of sp³-hybridized carbons (Fsp3) is 0.333. The number of carbonyl (C=O) groups is 4. The van der Waals surface area contributed by atoms with E-state index in [1.54, 1.807) is 38.1 Å². The van der Waals surface area contributed by atoms with E-state index >= 15 is 0 Å². The number of nitrogens with zero attached hydrogens (tertiary/aromatic N) is 1. The number of nitrogens with one attached hydrogen (secondary N) is 4. The van der Waals surface area contributed by atoms with Crippen molar-refractivity contribution in [2.24, 2.45) is 5.84 Å².